The third kappa shape index (κ3) is 14.7. The molecule has 0 aromatic rings. The first-order valence-electron chi connectivity index (χ1n) is 4.58. The van der Waals surface area contributed by atoms with Crippen molar-refractivity contribution in [3.63, 3.8) is 0 Å². The Hall–Kier alpha value is 0.680. The van der Waals surface area contributed by atoms with Gasteiger partial charge in [-0.25, -0.2) is 9.79 Å². The number of nitrogens with zero attached hydrogens (tertiary/aromatic N) is 4. The van der Waals surface area contributed by atoms with Gasteiger partial charge in [0.05, 0.1) is 0 Å². The molecule has 2 atom stereocenters. The molecule has 0 aliphatic heterocycles. The summed E-state index contributed by atoms with van der Waals surface area (Å²) in [7, 11) is 15.3. The quantitative estimate of drug-likeness (QED) is 0.446. The van der Waals surface area contributed by atoms with Crippen LogP contribution in [0.1, 0.15) is 13.8 Å². The molecule has 0 bridgehead atoms. The molecule has 7 heteroatoms. The summed E-state index contributed by atoms with van der Waals surface area (Å²) in [6, 6.07) is 0. The van der Waals surface area contributed by atoms with E-state index in [9.17, 15) is 0 Å². The average molecular weight is 270 g/mol. The second-order valence-corrected chi connectivity index (χ2v) is 9.91. The summed E-state index contributed by atoms with van der Waals surface area (Å²) in [5.74, 6) is 0. The van der Waals surface area contributed by atoms with E-state index in [1.165, 1.54) is 0 Å². The van der Waals surface area contributed by atoms with Crippen LogP contribution < -0.4 is 0 Å². The minimum Gasteiger partial charge on any atom is -0.303 e. The Labute approximate surface area is 100 Å². The molecule has 0 amide bonds. The summed E-state index contributed by atoms with van der Waals surface area (Å²) in [6.45, 7) is 3.94. The highest BCUT2D eigenvalue weighted by atomic mass is 32.4. The highest BCUT2D eigenvalue weighted by molar-refractivity contribution is 8.42. The lowest BCUT2D eigenvalue weighted by Crippen LogP contribution is -2.25. The van der Waals surface area contributed by atoms with Crippen LogP contribution in [0.3, 0.4) is 0 Å². The Bertz CT molecular complexity index is 171. The van der Waals surface area contributed by atoms with E-state index in [1.54, 1.807) is 5.01 Å². The third-order valence-electron chi connectivity index (χ3n) is 1.31. The lowest BCUT2D eigenvalue weighted by Gasteiger charge is -2.27. The van der Waals surface area contributed by atoms with Gasteiger partial charge in [-0.05, 0) is 13.8 Å². The fraction of sp³-hybridized carbons (Fsp3) is 0.875. The summed E-state index contributed by atoms with van der Waals surface area (Å²) in [6.07, 6.45) is 0. The zero-order chi connectivity index (χ0) is 12.6. The van der Waals surface area contributed by atoms with Gasteiger partial charge in [0.1, 0.15) is 0 Å². The van der Waals surface area contributed by atoms with Crippen LogP contribution in [0.25, 0.3) is 0 Å². The molecule has 0 fully saturated rings. The summed E-state index contributed by atoms with van der Waals surface area (Å²) in [5, 5.41) is 7.88. The normalized spacial score (nSPS) is 10.1. The van der Waals surface area contributed by atoms with Gasteiger partial charge in [0.25, 0.3) is 0 Å². The van der Waals surface area contributed by atoms with Gasteiger partial charge < -0.3 is 5.01 Å². The van der Waals surface area contributed by atoms with Crippen molar-refractivity contribution in [1.82, 2.24) is 14.8 Å². The summed E-state index contributed by atoms with van der Waals surface area (Å²) >= 11 is 0. The van der Waals surface area contributed by atoms with E-state index < -0.39 is 0 Å². The fourth-order valence-electron chi connectivity index (χ4n) is 0.607. The van der Waals surface area contributed by atoms with Gasteiger partial charge in [-0.3, -0.25) is 0 Å². The smallest absolute Gasteiger partial charge is 0.0318 e. The van der Waals surface area contributed by atoms with Crippen molar-refractivity contribution in [3.8, 4) is 0 Å². The second-order valence-electron chi connectivity index (χ2n) is 3.61. The molecule has 0 spiro atoms. The van der Waals surface area contributed by atoms with Crippen LogP contribution in [-0.4, -0.2) is 55.7 Å². The Kier molecular flexibility index (Phi) is 11.9. The predicted octanol–water partition coefficient (Wildman–Crippen LogP) is 2.32. The Morgan fingerprint density at radius 2 is 1.40 bits per heavy atom. The van der Waals surface area contributed by atoms with E-state index in [4.69, 9.17) is 0 Å². The van der Waals surface area contributed by atoms with Gasteiger partial charge in [-0.1, -0.05) is 17.9 Å². The van der Waals surface area contributed by atoms with Crippen molar-refractivity contribution in [3.05, 3.63) is 0 Å². The maximum absolute atomic E-state index is 4.03. The molecule has 0 heterocycles. The minimum absolute atomic E-state index is 0.109. The summed E-state index contributed by atoms with van der Waals surface area (Å²) in [5.41, 5.74) is 1.09. The molecular weight excluding hydrogens is 245 g/mol. The van der Waals surface area contributed by atoms with E-state index in [0.717, 1.165) is 5.71 Å². The van der Waals surface area contributed by atoms with E-state index in [0.29, 0.717) is 0 Å². The van der Waals surface area contributed by atoms with Crippen LogP contribution in [0, 0.1) is 0 Å². The zero-order valence-corrected chi connectivity index (χ0v) is 14.1. The lowest BCUT2D eigenvalue weighted by atomic mass is 10.5. The second kappa shape index (κ2) is 9.87. The fourth-order valence-corrected chi connectivity index (χ4v) is 2.26. The molecular formula is C8H25N4P3. The predicted molar refractivity (Wildman–Crippen MR) is 80.3 cm³/mol. The number of hydrogen-bond acceptors (Lipinski definition) is 4. The first kappa shape index (κ1) is 18.1. The van der Waals surface area contributed by atoms with E-state index in [1.807, 2.05) is 42.0 Å². The molecule has 0 aromatic carbocycles. The van der Waals surface area contributed by atoms with E-state index >= 15 is 0 Å². The maximum Gasteiger partial charge on any atom is 0.0318 e. The molecule has 0 N–H and O–H groups in total. The standard InChI is InChI=1S/C5H12N2.C3H13N2P3/c1-5(2)6-7(3)4;1-4(2)5(3)8(6)7/h1-4H3;6-7H2,1-3H3. The van der Waals surface area contributed by atoms with Gasteiger partial charge in [0, 0.05) is 48.4 Å². The Balaban J connectivity index is 0. The zero-order valence-electron chi connectivity index (χ0n) is 10.9. The Morgan fingerprint density at radius 3 is 1.40 bits per heavy atom. The molecule has 0 aliphatic carbocycles. The average Bonchev–Trinajstić information content (AvgIpc) is 2.00. The topological polar surface area (TPSA) is 22.1 Å². The number of hydrazine groups is 1. The van der Waals surface area contributed by atoms with Crippen molar-refractivity contribution in [2.24, 2.45) is 5.10 Å². The summed E-state index contributed by atoms with van der Waals surface area (Å²) in [4.78, 5) is 0. The van der Waals surface area contributed by atoms with Crippen molar-refractivity contribution in [2.75, 3.05) is 35.2 Å². The first-order valence-corrected chi connectivity index (χ1v) is 9.11. The number of hydrogen-bond donors (Lipinski definition) is 0. The molecule has 0 saturated heterocycles. The summed E-state index contributed by atoms with van der Waals surface area (Å²) < 4.78 is 2.16. The molecule has 0 rings (SSSR count). The van der Waals surface area contributed by atoms with Gasteiger partial charge in [-0.2, -0.15) is 5.10 Å². The highest BCUT2D eigenvalue weighted by Gasteiger charge is 2.02. The van der Waals surface area contributed by atoms with Gasteiger partial charge in [0.2, 0.25) is 0 Å². The monoisotopic (exact) mass is 270 g/mol. The lowest BCUT2D eigenvalue weighted by molar-refractivity contribution is 0.174. The van der Waals surface area contributed by atoms with Crippen LogP contribution >= 0.6 is 25.3 Å². The number of rotatable bonds is 3. The molecule has 4 nitrogen and oxygen atoms in total. The van der Waals surface area contributed by atoms with Crippen molar-refractivity contribution < 1.29 is 0 Å². The van der Waals surface area contributed by atoms with Crippen molar-refractivity contribution in [2.45, 2.75) is 13.8 Å². The first-order chi connectivity index (χ1) is 6.68. The Morgan fingerprint density at radius 1 is 1.00 bits per heavy atom. The van der Waals surface area contributed by atoms with Crippen molar-refractivity contribution >= 4 is 31.0 Å². The van der Waals surface area contributed by atoms with Crippen LogP contribution in [0.2, 0.25) is 0 Å². The third-order valence-corrected chi connectivity index (χ3v) is 4.34. The van der Waals surface area contributed by atoms with Crippen molar-refractivity contribution in [1.29, 1.82) is 0 Å². The largest absolute Gasteiger partial charge is 0.303 e. The molecule has 0 aliphatic rings. The molecule has 0 saturated carbocycles. The SMILES string of the molecule is CC(C)=NN(C)C.CN(C)N(C)P(P)P. The molecule has 0 aromatic heterocycles. The number of hydrazone groups is 1. The molecule has 2 unspecified atom stereocenters. The van der Waals surface area contributed by atoms with Gasteiger partial charge >= 0.3 is 0 Å². The van der Waals surface area contributed by atoms with E-state index in [-0.39, 0.29) is 7.45 Å². The molecule has 0 radical (unpaired) electrons. The van der Waals surface area contributed by atoms with Crippen LogP contribution in [0.4, 0.5) is 0 Å². The maximum atomic E-state index is 4.03. The minimum atomic E-state index is -0.109. The molecule has 92 valence electrons. The van der Waals surface area contributed by atoms with Crippen LogP contribution in [0.15, 0.2) is 5.10 Å². The highest BCUT2D eigenvalue weighted by Crippen LogP contribution is 2.55. The van der Waals surface area contributed by atoms with Crippen LogP contribution in [-0.2, 0) is 0 Å². The van der Waals surface area contributed by atoms with Crippen LogP contribution in [0.5, 0.6) is 0 Å². The molecule has 15 heavy (non-hydrogen) atoms. The van der Waals surface area contributed by atoms with Gasteiger partial charge in [0.15, 0.2) is 0 Å². The van der Waals surface area contributed by atoms with E-state index in [2.05, 4.69) is 39.8 Å². The van der Waals surface area contributed by atoms with Gasteiger partial charge in [-0.15, -0.1) is 0 Å².